The van der Waals surface area contributed by atoms with Gasteiger partial charge in [-0.1, -0.05) is 18.2 Å². The number of aryl methyl sites for hydroxylation is 2. The Morgan fingerprint density at radius 2 is 1.94 bits per heavy atom. The maximum atomic E-state index is 12.9. The molecule has 1 amide bonds. The van der Waals surface area contributed by atoms with Crippen LogP contribution >= 0.6 is 0 Å². The monoisotopic (exact) mass is 417 g/mol. The second-order valence-electron chi connectivity index (χ2n) is 8.45. The third-order valence-electron chi connectivity index (χ3n) is 6.17. The summed E-state index contributed by atoms with van der Waals surface area (Å²) in [6.45, 7) is 4.14. The van der Waals surface area contributed by atoms with Crippen LogP contribution < -0.4 is 4.74 Å². The van der Waals surface area contributed by atoms with Crippen LogP contribution in [0.15, 0.2) is 48.8 Å². The molecule has 31 heavy (non-hydrogen) atoms. The molecule has 0 radical (unpaired) electrons. The highest BCUT2D eigenvalue weighted by Gasteiger charge is 2.24. The lowest BCUT2D eigenvalue weighted by Gasteiger charge is -2.31. The number of carbonyl (C=O) groups excluding carboxylic acids is 1. The van der Waals surface area contributed by atoms with Crippen LogP contribution in [0.1, 0.15) is 24.1 Å². The summed E-state index contributed by atoms with van der Waals surface area (Å²) in [6, 6.07) is 12.0. The van der Waals surface area contributed by atoms with E-state index in [0.29, 0.717) is 24.8 Å². The van der Waals surface area contributed by atoms with E-state index in [0.717, 1.165) is 42.8 Å². The fraction of sp³-hybridized carbons (Fsp3) is 0.375. The number of hydrogen-bond acceptors (Lipinski definition) is 4. The summed E-state index contributed by atoms with van der Waals surface area (Å²) in [6.07, 6.45) is 6.33. The van der Waals surface area contributed by atoms with Crippen molar-refractivity contribution in [1.82, 2.24) is 24.1 Å². The van der Waals surface area contributed by atoms with E-state index in [1.807, 2.05) is 49.3 Å². The first kappa shape index (κ1) is 19.6. The van der Waals surface area contributed by atoms with Crippen molar-refractivity contribution < 1.29 is 9.53 Å². The molecule has 0 aliphatic carbocycles. The largest absolute Gasteiger partial charge is 0.476 e. The molecule has 1 aliphatic heterocycles. The summed E-state index contributed by atoms with van der Waals surface area (Å²) >= 11 is 0. The Morgan fingerprint density at radius 3 is 2.77 bits per heavy atom. The number of fused-ring (bicyclic) bond motifs is 2. The molecule has 3 aromatic heterocycles. The zero-order valence-electron chi connectivity index (χ0n) is 18.0. The number of benzene rings is 1. The standard InChI is InChI=1S/C24H27N5O2/c1-17-14-29-22(25-17)7-8-23(26-29)31-16-18-9-11-28(12-10-18)24(30)13-19-15-27(2)21-6-4-3-5-20(19)21/h3-8,14-15,18H,9-13,16H2,1-2H3. The van der Waals surface area contributed by atoms with Gasteiger partial charge in [0.1, 0.15) is 0 Å². The predicted octanol–water partition coefficient (Wildman–Crippen LogP) is 3.39. The molecule has 5 rings (SSSR count). The minimum Gasteiger partial charge on any atom is -0.476 e. The summed E-state index contributed by atoms with van der Waals surface area (Å²) in [5.41, 5.74) is 4.02. The number of likely N-dealkylation sites (tertiary alicyclic amines) is 1. The van der Waals surface area contributed by atoms with E-state index in [-0.39, 0.29) is 5.91 Å². The quantitative estimate of drug-likeness (QED) is 0.499. The van der Waals surface area contributed by atoms with Crippen molar-refractivity contribution in [3.63, 3.8) is 0 Å². The first-order chi connectivity index (χ1) is 15.1. The molecule has 1 aromatic carbocycles. The third kappa shape index (κ3) is 4.00. The van der Waals surface area contributed by atoms with Crippen LogP contribution in [0, 0.1) is 12.8 Å². The molecule has 0 unspecified atom stereocenters. The lowest BCUT2D eigenvalue weighted by molar-refractivity contribution is -0.132. The molecule has 0 atom stereocenters. The van der Waals surface area contributed by atoms with Gasteiger partial charge in [-0.2, -0.15) is 0 Å². The second kappa shape index (κ2) is 8.06. The molecule has 0 spiro atoms. The fourth-order valence-electron chi connectivity index (χ4n) is 4.45. The molecule has 7 nitrogen and oxygen atoms in total. The zero-order chi connectivity index (χ0) is 21.4. The topological polar surface area (TPSA) is 64.7 Å². The van der Waals surface area contributed by atoms with Gasteiger partial charge in [0.15, 0.2) is 5.65 Å². The van der Waals surface area contributed by atoms with E-state index in [9.17, 15) is 4.79 Å². The number of imidazole rings is 1. The Kier molecular flexibility index (Phi) is 5.10. The molecule has 1 aliphatic rings. The Bertz CT molecular complexity index is 1230. The van der Waals surface area contributed by atoms with Gasteiger partial charge in [0, 0.05) is 43.3 Å². The van der Waals surface area contributed by atoms with E-state index in [4.69, 9.17) is 4.74 Å². The van der Waals surface area contributed by atoms with Gasteiger partial charge in [-0.05, 0) is 43.4 Å². The van der Waals surface area contributed by atoms with Crippen LogP contribution in [-0.2, 0) is 18.3 Å². The van der Waals surface area contributed by atoms with Crippen molar-refractivity contribution in [2.24, 2.45) is 13.0 Å². The van der Waals surface area contributed by atoms with Gasteiger partial charge >= 0.3 is 0 Å². The summed E-state index contributed by atoms with van der Waals surface area (Å²) in [5.74, 6) is 1.25. The Morgan fingerprint density at radius 1 is 1.13 bits per heavy atom. The predicted molar refractivity (Wildman–Crippen MR) is 119 cm³/mol. The number of carbonyl (C=O) groups is 1. The molecule has 0 bridgehead atoms. The van der Waals surface area contributed by atoms with Crippen molar-refractivity contribution in [3.8, 4) is 5.88 Å². The first-order valence-electron chi connectivity index (χ1n) is 10.8. The highest BCUT2D eigenvalue weighted by molar-refractivity contribution is 5.89. The zero-order valence-corrected chi connectivity index (χ0v) is 18.0. The second-order valence-corrected chi connectivity index (χ2v) is 8.45. The SMILES string of the molecule is Cc1cn2nc(OCC3CCN(C(=O)Cc4cn(C)c5ccccc45)CC3)ccc2n1. The van der Waals surface area contributed by atoms with Crippen LogP contribution in [-0.4, -0.2) is 49.7 Å². The smallest absolute Gasteiger partial charge is 0.231 e. The number of nitrogens with zero attached hydrogens (tertiary/aromatic N) is 5. The Labute approximate surface area is 181 Å². The van der Waals surface area contributed by atoms with Crippen molar-refractivity contribution in [3.05, 3.63) is 60.0 Å². The lowest BCUT2D eigenvalue weighted by atomic mass is 9.97. The molecule has 4 heterocycles. The molecule has 1 saturated heterocycles. The maximum absolute atomic E-state index is 12.9. The fourth-order valence-corrected chi connectivity index (χ4v) is 4.45. The average molecular weight is 418 g/mol. The van der Waals surface area contributed by atoms with Gasteiger partial charge < -0.3 is 14.2 Å². The summed E-state index contributed by atoms with van der Waals surface area (Å²) in [5, 5.41) is 5.63. The molecular weight excluding hydrogens is 390 g/mol. The minimum absolute atomic E-state index is 0.207. The van der Waals surface area contributed by atoms with Crippen LogP contribution in [0.3, 0.4) is 0 Å². The van der Waals surface area contributed by atoms with Gasteiger partial charge in [-0.3, -0.25) is 4.79 Å². The van der Waals surface area contributed by atoms with Gasteiger partial charge in [0.25, 0.3) is 0 Å². The van der Waals surface area contributed by atoms with E-state index < -0.39 is 0 Å². The third-order valence-corrected chi connectivity index (χ3v) is 6.17. The van der Waals surface area contributed by atoms with E-state index >= 15 is 0 Å². The number of hydrogen-bond donors (Lipinski definition) is 0. The Hall–Kier alpha value is -3.35. The van der Waals surface area contributed by atoms with Crippen molar-refractivity contribution in [2.45, 2.75) is 26.2 Å². The molecule has 1 fully saturated rings. The number of ether oxygens (including phenoxy) is 1. The summed E-state index contributed by atoms with van der Waals surface area (Å²) in [4.78, 5) is 19.3. The maximum Gasteiger partial charge on any atom is 0.231 e. The van der Waals surface area contributed by atoms with Crippen molar-refractivity contribution in [2.75, 3.05) is 19.7 Å². The lowest BCUT2D eigenvalue weighted by Crippen LogP contribution is -2.40. The van der Waals surface area contributed by atoms with Crippen molar-refractivity contribution >= 4 is 22.5 Å². The highest BCUT2D eigenvalue weighted by Crippen LogP contribution is 2.23. The molecule has 4 aromatic rings. The number of para-hydroxylation sites is 1. The van der Waals surface area contributed by atoms with Crippen LogP contribution in [0.2, 0.25) is 0 Å². The van der Waals surface area contributed by atoms with Crippen molar-refractivity contribution in [1.29, 1.82) is 0 Å². The number of piperidine rings is 1. The molecule has 0 N–H and O–H groups in total. The molecular formula is C24H27N5O2. The average Bonchev–Trinajstić information content (AvgIpc) is 3.31. The molecule has 0 saturated carbocycles. The van der Waals surface area contributed by atoms with Gasteiger partial charge in [0.05, 0.1) is 24.9 Å². The van der Waals surface area contributed by atoms with Crippen LogP contribution in [0.5, 0.6) is 5.88 Å². The van der Waals surface area contributed by atoms with Gasteiger partial charge in [0.2, 0.25) is 11.8 Å². The van der Waals surface area contributed by atoms with Crippen LogP contribution in [0.4, 0.5) is 0 Å². The van der Waals surface area contributed by atoms with E-state index in [2.05, 4.69) is 33.0 Å². The normalized spacial score (nSPS) is 15.1. The highest BCUT2D eigenvalue weighted by atomic mass is 16.5. The van der Waals surface area contributed by atoms with Crippen LogP contribution in [0.25, 0.3) is 16.6 Å². The van der Waals surface area contributed by atoms with E-state index in [1.165, 1.54) is 10.9 Å². The van der Waals surface area contributed by atoms with Gasteiger partial charge in [-0.25, -0.2) is 9.50 Å². The summed E-state index contributed by atoms with van der Waals surface area (Å²) in [7, 11) is 2.03. The molecule has 160 valence electrons. The van der Waals surface area contributed by atoms with Gasteiger partial charge in [-0.15, -0.1) is 5.10 Å². The molecule has 7 heteroatoms. The summed E-state index contributed by atoms with van der Waals surface area (Å²) < 4.78 is 9.78. The Balaban J connectivity index is 1.14. The number of rotatable bonds is 5. The first-order valence-corrected chi connectivity index (χ1v) is 10.8. The minimum atomic E-state index is 0.207. The van der Waals surface area contributed by atoms with E-state index in [1.54, 1.807) is 4.52 Å². The number of amides is 1. The number of aromatic nitrogens is 4.